The number of fused-ring (bicyclic) bond motifs is 1. The molecule has 1 saturated carbocycles. The molecule has 2 aromatic carbocycles. The van der Waals surface area contributed by atoms with E-state index in [1.165, 1.54) is 10.4 Å². The third kappa shape index (κ3) is 5.51. The highest BCUT2D eigenvalue weighted by atomic mass is 32.1. The van der Waals surface area contributed by atoms with Gasteiger partial charge in [0.2, 0.25) is 0 Å². The van der Waals surface area contributed by atoms with Crippen molar-refractivity contribution in [3.63, 3.8) is 0 Å². The molecule has 3 aromatic heterocycles. The smallest absolute Gasteiger partial charge is 0.253 e. The maximum absolute atomic E-state index is 13.7. The molecule has 9 heteroatoms. The van der Waals surface area contributed by atoms with Crippen LogP contribution < -0.4 is 10.3 Å². The van der Waals surface area contributed by atoms with Crippen molar-refractivity contribution < 1.29 is 4.74 Å². The van der Waals surface area contributed by atoms with Crippen LogP contribution >= 0.6 is 11.3 Å². The number of hydrogen-bond acceptors (Lipinski definition) is 7. The molecule has 0 saturated heterocycles. The Balaban J connectivity index is 1.49. The second kappa shape index (κ2) is 11.5. The summed E-state index contributed by atoms with van der Waals surface area (Å²) in [4.78, 5) is 20.4. The van der Waals surface area contributed by atoms with Gasteiger partial charge in [-0.1, -0.05) is 49.2 Å². The molecule has 0 spiro atoms. The number of rotatable bonds is 10. The number of nitrogens with one attached hydrogen (secondary N) is 1. The Kier molecular flexibility index (Phi) is 7.51. The zero-order valence-electron chi connectivity index (χ0n) is 22.0. The monoisotopic (exact) mass is 540 g/mol. The van der Waals surface area contributed by atoms with Crippen molar-refractivity contribution in [2.75, 3.05) is 13.7 Å². The quantitative estimate of drug-likeness (QED) is 0.250. The number of aromatic amines is 1. The number of tetrazole rings is 1. The normalized spacial score (nSPS) is 14.8. The van der Waals surface area contributed by atoms with E-state index in [1.54, 1.807) is 18.4 Å². The Morgan fingerprint density at radius 3 is 2.72 bits per heavy atom. The van der Waals surface area contributed by atoms with Crippen LogP contribution in [0.4, 0.5) is 0 Å². The molecule has 0 bridgehead atoms. The van der Waals surface area contributed by atoms with Crippen molar-refractivity contribution in [3.8, 4) is 5.75 Å². The van der Waals surface area contributed by atoms with Gasteiger partial charge in [0, 0.05) is 34.4 Å². The number of thiophene rings is 1. The zero-order chi connectivity index (χ0) is 26.6. The molecule has 200 valence electrons. The molecule has 0 aliphatic heterocycles. The number of H-pyrrole nitrogens is 1. The van der Waals surface area contributed by atoms with E-state index in [1.807, 2.05) is 35.0 Å². The first-order valence-electron chi connectivity index (χ1n) is 13.5. The number of hydrogen-bond donors (Lipinski definition) is 1. The minimum absolute atomic E-state index is 0.130. The standard InChI is InChI=1S/C30H32N6O2S/c1-38-24-13-14-27-22(18-24)19-26(30(37)31-27)28(29-32-33-34-36(29)23-10-5-6-11-23)35(20-25-12-7-17-39-25)16-15-21-8-3-2-4-9-21/h2-4,7-9,12-14,17-19,23,28H,5-6,10-11,15-16,20H2,1H3,(H,31,37)/t28-/m1/s1. The van der Waals surface area contributed by atoms with Crippen LogP contribution in [0, 0.1) is 0 Å². The minimum atomic E-state index is -0.425. The van der Waals surface area contributed by atoms with Gasteiger partial charge in [-0.15, -0.1) is 16.4 Å². The predicted molar refractivity (Wildman–Crippen MR) is 153 cm³/mol. The summed E-state index contributed by atoms with van der Waals surface area (Å²) in [6, 6.07) is 22.2. The number of pyridine rings is 1. The van der Waals surface area contributed by atoms with Crippen LogP contribution in [0.5, 0.6) is 5.75 Å². The highest BCUT2D eigenvalue weighted by molar-refractivity contribution is 7.09. The Morgan fingerprint density at radius 2 is 1.95 bits per heavy atom. The summed E-state index contributed by atoms with van der Waals surface area (Å²) >= 11 is 1.72. The molecule has 1 N–H and O–H groups in total. The van der Waals surface area contributed by atoms with Crippen LogP contribution in [0.2, 0.25) is 0 Å². The van der Waals surface area contributed by atoms with Crippen LogP contribution in [-0.2, 0) is 13.0 Å². The lowest BCUT2D eigenvalue weighted by molar-refractivity contribution is 0.203. The van der Waals surface area contributed by atoms with Gasteiger partial charge in [0.25, 0.3) is 5.56 Å². The van der Waals surface area contributed by atoms with Crippen molar-refractivity contribution in [1.29, 1.82) is 0 Å². The second-order valence-corrected chi connectivity index (χ2v) is 11.1. The maximum atomic E-state index is 13.7. The van der Waals surface area contributed by atoms with Gasteiger partial charge >= 0.3 is 0 Å². The molecular weight excluding hydrogens is 508 g/mol. The van der Waals surface area contributed by atoms with Gasteiger partial charge in [-0.05, 0) is 71.0 Å². The van der Waals surface area contributed by atoms with Crippen LogP contribution in [0.15, 0.2) is 76.9 Å². The lowest BCUT2D eigenvalue weighted by Gasteiger charge is -2.31. The first-order valence-corrected chi connectivity index (χ1v) is 14.4. The average Bonchev–Trinajstić information content (AvgIpc) is 3.76. The highest BCUT2D eigenvalue weighted by Crippen LogP contribution is 2.35. The number of ether oxygens (including phenoxy) is 1. The van der Waals surface area contributed by atoms with Crippen molar-refractivity contribution in [1.82, 2.24) is 30.1 Å². The molecule has 0 amide bonds. The summed E-state index contributed by atoms with van der Waals surface area (Å²) < 4.78 is 7.46. The Labute approximate surface area is 231 Å². The molecule has 6 rings (SSSR count). The largest absolute Gasteiger partial charge is 0.497 e. The fourth-order valence-electron chi connectivity index (χ4n) is 5.64. The van der Waals surface area contributed by atoms with Crippen LogP contribution in [0.3, 0.4) is 0 Å². The van der Waals surface area contributed by atoms with Gasteiger partial charge in [-0.3, -0.25) is 9.69 Å². The first kappa shape index (κ1) is 25.5. The van der Waals surface area contributed by atoms with Crippen molar-refractivity contribution in [2.24, 2.45) is 0 Å². The molecular formula is C30H32N6O2S. The number of nitrogens with zero attached hydrogens (tertiary/aromatic N) is 5. The third-order valence-electron chi connectivity index (χ3n) is 7.64. The summed E-state index contributed by atoms with van der Waals surface area (Å²) in [5, 5.41) is 16.2. The summed E-state index contributed by atoms with van der Waals surface area (Å²) in [7, 11) is 1.65. The Bertz CT molecular complexity index is 1570. The fraction of sp³-hybridized carbons (Fsp3) is 0.333. The number of benzene rings is 2. The van der Waals surface area contributed by atoms with E-state index < -0.39 is 6.04 Å². The zero-order valence-corrected chi connectivity index (χ0v) is 22.8. The Morgan fingerprint density at radius 1 is 1.10 bits per heavy atom. The summed E-state index contributed by atoms with van der Waals surface area (Å²) in [5.41, 5.74) is 2.52. The average molecular weight is 541 g/mol. The fourth-order valence-corrected chi connectivity index (χ4v) is 6.37. The van der Waals surface area contributed by atoms with E-state index in [2.05, 4.69) is 67.2 Å². The summed E-state index contributed by atoms with van der Waals surface area (Å²) in [5.74, 6) is 1.46. The molecule has 8 nitrogen and oxygen atoms in total. The number of methoxy groups -OCH3 is 1. The molecule has 1 fully saturated rings. The Hall–Kier alpha value is -3.82. The number of aromatic nitrogens is 5. The van der Waals surface area contributed by atoms with Gasteiger partial charge in [0.05, 0.1) is 13.2 Å². The van der Waals surface area contributed by atoms with Gasteiger partial charge < -0.3 is 9.72 Å². The topological polar surface area (TPSA) is 88.9 Å². The van der Waals surface area contributed by atoms with E-state index in [-0.39, 0.29) is 11.6 Å². The van der Waals surface area contributed by atoms with Gasteiger partial charge in [0.15, 0.2) is 5.82 Å². The van der Waals surface area contributed by atoms with Crippen molar-refractivity contribution in [3.05, 3.63) is 104 Å². The van der Waals surface area contributed by atoms with Crippen molar-refractivity contribution >= 4 is 22.2 Å². The van der Waals surface area contributed by atoms with Gasteiger partial charge in [-0.2, -0.15) is 0 Å². The molecule has 1 atom stereocenters. The molecule has 1 aliphatic rings. The third-order valence-corrected chi connectivity index (χ3v) is 8.50. The van der Waals surface area contributed by atoms with Crippen LogP contribution in [0.25, 0.3) is 10.9 Å². The van der Waals surface area contributed by atoms with E-state index in [0.717, 1.165) is 61.1 Å². The lowest BCUT2D eigenvalue weighted by atomic mass is 10.0. The van der Waals surface area contributed by atoms with E-state index >= 15 is 0 Å². The van der Waals surface area contributed by atoms with Gasteiger partial charge in [-0.25, -0.2) is 4.68 Å². The molecule has 1 aliphatic carbocycles. The molecule has 39 heavy (non-hydrogen) atoms. The summed E-state index contributed by atoms with van der Waals surface area (Å²) in [6.07, 6.45) is 5.26. The molecule has 0 unspecified atom stereocenters. The lowest BCUT2D eigenvalue weighted by Crippen LogP contribution is -2.36. The molecule has 0 radical (unpaired) electrons. The maximum Gasteiger partial charge on any atom is 0.253 e. The highest BCUT2D eigenvalue weighted by Gasteiger charge is 2.33. The van der Waals surface area contributed by atoms with Crippen LogP contribution in [0.1, 0.15) is 59.6 Å². The minimum Gasteiger partial charge on any atom is -0.497 e. The molecule has 5 aromatic rings. The van der Waals surface area contributed by atoms with Gasteiger partial charge in [0.1, 0.15) is 11.8 Å². The predicted octanol–water partition coefficient (Wildman–Crippen LogP) is 5.53. The SMILES string of the molecule is COc1ccc2[nH]c(=O)c([C@H](c3nnnn3C3CCCC3)N(CCc3ccccc3)Cc3cccs3)cc2c1. The second-order valence-electron chi connectivity index (χ2n) is 10.1. The molecule has 3 heterocycles. The van der Waals surface area contributed by atoms with Crippen LogP contribution in [-0.4, -0.2) is 43.7 Å². The van der Waals surface area contributed by atoms with Crippen molar-refractivity contribution in [2.45, 2.75) is 50.7 Å². The summed E-state index contributed by atoms with van der Waals surface area (Å²) in [6.45, 7) is 1.42. The van der Waals surface area contributed by atoms with E-state index in [9.17, 15) is 4.79 Å². The van der Waals surface area contributed by atoms with E-state index in [4.69, 9.17) is 4.74 Å². The first-order chi connectivity index (χ1) is 19.2. The van der Waals surface area contributed by atoms with E-state index in [0.29, 0.717) is 12.1 Å².